The lowest BCUT2D eigenvalue weighted by atomic mass is 9.95. The standard InChI is InChI=1S/C32H43F3N4O4/c1-21-26(12-11-25-5-4-6-28(43-25)22-7-9-23(10-8-22)32(33,34)35)36-20-37-30(21)31(40)39-16-13-24(14-17-39)38(2)27-15-18-42-19-29(27)41-3/h7-10,20,24-25,27-29H,4-6,11-19H2,1-3H3/t25-,27-,28+,29+/m1/s1. The molecular weight excluding hydrogens is 561 g/mol. The van der Waals surface area contributed by atoms with Crippen LogP contribution >= 0.6 is 0 Å². The maximum absolute atomic E-state index is 13.5. The van der Waals surface area contributed by atoms with E-state index in [1.807, 2.05) is 11.8 Å². The molecule has 3 fully saturated rings. The number of halogens is 3. The Balaban J connectivity index is 1.14. The molecule has 1 aromatic heterocycles. The van der Waals surface area contributed by atoms with Gasteiger partial charge in [-0.05, 0) is 83.0 Å². The number of carbonyl (C=O) groups is 1. The van der Waals surface area contributed by atoms with Gasteiger partial charge < -0.3 is 19.1 Å². The Morgan fingerprint density at radius 3 is 2.53 bits per heavy atom. The van der Waals surface area contributed by atoms with E-state index in [9.17, 15) is 18.0 Å². The zero-order valence-corrected chi connectivity index (χ0v) is 25.3. The first kappa shape index (κ1) is 31.8. The third-order valence-electron chi connectivity index (χ3n) is 9.48. The van der Waals surface area contributed by atoms with Crippen LogP contribution in [0.5, 0.6) is 0 Å². The molecule has 0 unspecified atom stereocenters. The van der Waals surface area contributed by atoms with E-state index >= 15 is 0 Å². The van der Waals surface area contributed by atoms with Crippen molar-refractivity contribution >= 4 is 5.91 Å². The summed E-state index contributed by atoms with van der Waals surface area (Å²) in [5, 5.41) is 0. The van der Waals surface area contributed by atoms with Gasteiger partial charge in [0.2, 0.25) is 0 Å². The SMILES string of the molecule is CO[C@H]1COCC[C@H]1N(C)C1CCN(C(=O)c2ncnc(CC[C@H]3CCC[C@@H](c4ccc(C(F)(F)F)cc4)O3)c2C)CC1. The van der Waals surface area contributed by atoms with Crippen molar-refractivity contribution in [2.75, 3.05) is 40.5 Å². The summed E-state index contributed by atoms with van der Waals surface area (Å²) in [5.41, 5.74) is 2.20. The number of nitrogens with zero attached hydrogens (tertiary/aromatic N) is 4. The molecule has 1 amide bonds. The average molecular weight is 605 g/mol. The average Bonchev–Trinajstić information content (AvgIpc) is 3.03. The fourth-order valence-corrected chi connectivity index (χ4v) is 6.78. The van der Waals surface area contributed by atoms with Crippen LogP contribution in [0, 0.1) is 6.92 Å². The summed E-state index contributed by atoms with van der Waals surface area (Å²) >= 11 is 0. The van der Waals surface area contributed by atoms with E-state index in [2.05, 4.69) is 21.9 Å². The van der Waals surface area contributed by atoms with Crippen molar-refractivity contribution in [1.29, 1.82) is 0 Å². The Kier molecular flexibility index (Phi) is 10.4. The highest BCUT2D eigenvalue weighted by Gasteiger charge is 2.35. The number of hydrogen-bond acceptors (Lipinski definition) is 7. The molecule has 3 aliphatic rings. The summed E-state index contributed by atoms with van der Waals surface area (Å²) in [6.45, 7) is 4.62. The van der Waals surface area contributed by atoms with Crippen LogP contribution in [0.3, 0.4) is 0 Å². The second-order valence-corrected chi connectivity index (χ2v) is 12.0. The number of ether oxygens (including phenoxy) is 3. The van der Waals surface area contributed by atoms with Gasteiger partial charge in [-0.3, -0.25) is 9.69 Å². The van der Waals surface area contributed by atoms with Crippen molar-refractivity contribution in [2.45, 2.75) is 94.9 Å². The van der Waals surface area contributed by atoms with Gasteiger partial charge in [-0.25, -0.2) is 9.97 Å². The van der Waals surface area contributed by atoms with Crippen molar-refractivity contribution in [3.05, 3.63) is 58.7 Å². The minimum absolute atomic E-state index is 0.0287. The zero-order chi connectivity index (χ0) is 30.6. The topological polar surface area (TPSA) is 77.0 Å². The number of rotatable bonds is 8. The van der Waals surface area contributed by atoms with E-state index in [0.29, 0.717) is 43.9 Å². The van der Waals surface area contributed by atoms with E-state index in [0.717, 1.165) is 80.5 Å². The highest BCUT2D eigenvalue weighted by molar-refractivity contribution is 5.93. The molecule has 0 N–H and O–H groups in total. The number of methoxy groups -OCH3 is 1. The molecule has 43 heavy (non-hydrogen) atoms. The van der Waals surface area contributed by atoms with Crippen molar-refractivity contribution in [1.82, 2.24) is 19.8 Å². The third-order valence-corrected chi connectivity index (χ3v) is 9.48. The Labute approximate surface area is 251 Å². The van der Waals surface area contributed by atoms with Gasteiger partial charge in [0.25, 0.3) is 5.91 Å². The van der Waals surface area contributed by atoms with Crippen molar-refractivity contribution in [3.63, 3.8) is 0 Å². The molecule has 0 bridgehead atoms. The number of likely N-dealkylation sites (N-methyl/N-ethyl adjacent to an activating group) is 1. The van der Waals surface area contributed by atoms with E-state index in [-0.39, 0.29) is 24.2 Å². The molecule has 236 valence electrons. The fourth-order valence-electron chi connectivity index (χ4n) is 6.78. The van der Waals surface area contributed by atoms with E-state index in [1.165, 1.54) is 18.5 Å². The number of aromatic nitrogens is 2. The minimum Gasteiger partial charge on any atom is -0.379 e. The first-order chi connectivity index (χ1) is 20.7. The largest absolute Gasteiger partial charge is 0.416 e. The molecule has 0 saturated carbocycles. The van der Waals surface area contributed by atoms with Gasteiger partial charge in [-0.1, -0.05) is 12.1 Å². The monoisotopic (exact) mass is 604 g/mol. The van der Waals surface area contributed by atoms with Gasteiger partial charge in [0, 0.05) is 50.1 Å². The number of piperidine rings is 1. The molecule has 5 rings (SSSR count). The fraction of sp³-hybridized carbons (Fsp3) is 0.656. The van der Waals surface area contributed by atoms with Gasteiger partial charge >= 0.3 is 6.18 Å². The van der Waals surface area contributed by atoms with Crippen LogP contribution in [0.1, 0.15) is 83.9 Å². The van der Waals surface area contributed by atoms with Gasteiger partial charge in [-0.2, -0.15) is 13.2 Å². The maximum Gasteiger partial charge on any atom is 0.416 e. The smallest absolute Gasteiger partial charge is 0.379 e. The normalized spacial score (nSPS) is 25.7. The Hall–Kier alpha value is -2.60. The number of alkyl halides is 3. The highest BCUT2D eigenvalue weighted by atomic mass is 19.4. The first-order valence-electron chi connectivity index (χ1n) is 15.4. The number of aryl methyl sites for hydroxylation is 1. The van der Waals surface area contributed by atoms with Gasteiger partial charge in [0.05, 0.1) is 30.5 Å². The van der Waals surface area contributed by atoms with Gasteiger partial charge in [0.15, 0.2) is 0 Å². The van der Waals surface area contributed by atoms with Crippen LogP contribution in [0.2, 0.25) is 0 Å². The predicted molar refractivity (Wildman–Crippen MR) is 155 cm³/mol. The molecule has 3 aliphatic heterocycles. The number of benzene rings is 1. The van der Waals surface area contributed by atoms with Crippen molar-refractivity contribution in [2.24, 2.45) is 0 Å². The lowest BCUT2D eigenvalue weighted by Crippen LogP contribution is -2.54. The molecule has 2 aromatic rings. The number of likely N-dealkylation sites (tertiary alicyclic amines) is 1. The molecule has 0 spiro atoms. The first-order valence-corrected chi connectivity index (χ1v) is 15.4. The summed E-state index contributed by atoms with van der Waals surface area (Å²) in [4.78, 5) is 26.7. The molecule has 3 saturated heterocycles. The zero-order valence-electron chi connectivity index (χ0n) is 25.3. The third kappa shape index (κ3) is 7.56. The van der Waals surface area contributed by atoms with Crippen molar-refractivity contribution in [3.8, 4) is 0 Å². The quantitative estimate of drug-likeness (QED) is 0.400. The Bertz CT molecular complexity index is 1220. The van der Waals surface area contributed by atoms with E-state index < -0.39 is 11.7 Å². The number of amides is 1. The van der Waals surface area contributed by atoms with E-state index in [1.54, 1.807) is 7.11 Å². The summed E-state index contributed by atoms with van der Waals surface area (Å²) in [7, 11) is 3.90. The molecular formula is C32H43F3N4O4. The summed E-state index contributed by atoms with van der Waals surface area (Å²) < 4.78 is 56.4. The number of hydrogen-bond donors (Lipinski definition) is 0. The molecule has 0 radical (unpaired) electrons. The van der Waals surface area contributed by atoms with Crippen LogP contribution in [0.4, 0.5) is 13.2 Å². The molecule has 8 nitrogen and oxygen atoms in total. The Morgan fingerprint density at radius 1 is 1.09 bits per heavy atom. The highest BCUT2D eigenvalue weighted by Crippen LogP contribution is 2.35. The maximum atomic E-state index is 13.5. The predicted octanol–water partition coefficient (Wildman–Crippen LogP) is 5.39. The van der Waals surface area contributed by atoms with Gasteiger partial charge in [0.1, 0.15) is 12.0 Å². The molecule has 4 atom stereocenters. The molecule has 11 heteroatoms. The number of carbonyl (C=O) groups excluding carboxylic acids is 1. The Morgan fingerprint density at radius 2 is 1.84 bits per heavy atom. The lowest BCUT2D eigenvalue weighted by Gasteiger charge is -2.44. The van der Waals surface area contributed by atoms with Crippen LogP contribution in [0.25, 0.3) is 0 Å². The molecule has 0 aliphatic carbocycles. The van der Waals surface area contributed by atoms with Crippen LogP contribution in [-0.4, -0.2) is 90.4 Å². The molecule has 1 aromatic carbocycles. The molecule has 4 heterocycles. The summed E-state index contributed by atoms with van der Waals surface area (Å²) in [6, 6.07) is 5.98. The van der Waals surface area contributed by atoms with Crippen LogP contribution in [0.15, 0.2) is 30.6 Å². The second-order valence-electron chi connectivity index (χ2n) is 12.0. The van der Waals surface area contributed by atoms with Crippen LogP contribution < -0.4 is 0 Å². The van der Waals surface area contributed by atoms with Gasteiger partial charge in [-0.15, -0.1) is 0 Å². The van der Waals surface area contributed by atoms with E-state index in [4.69, 9.17) is 14.2 Å². The van der Waals surface area contributed by atoms with Crippen LogP contribution in [-0.2, 0) is 26.8 Å². The lowest BCUT2D eigenvalue weighted by molar-refractivity contribution is -0.137. The summed E-state index contributed by atoms with van der Waals surface area (Å²) in [5.74, 6) is -0.0561. The minimum atomic E-state index is -4.35. The van der Waals surface area contributed by atoms with Crippen molar-refractivity contribution < 1.29 is 32.2 Å². The summed E-state index contributed by atoms with van der Waals surface area (Å²) in [6.07, 6.45) is 3.62. The second kappa shape index (κ2) is 14.0.